The number of carbonyl (C=O) groups excluding carboxylic acids is 1. The fourth-order valence-electron chi connectivity index (χ4n) is 3.33. The van der Waals surface area contributed by atoms with E-state index in [4.69, 9.17) is 5.73 Å². The van der Waals surface area contributed by atoms with Crippen LogP contribution in [-0.2, 0) is 21.2 Å². The maximum atomic E-state index is 12.7. The SMILES string of the molecule is CS(=O)(=O)Nc1cccc(CC(=O)N2C[C@@H](N)[C@H](c3ccccc3)C2)c1. The van der Waals surface area contributed by atoms with Crippen molar-refractivity contribution in [2.24, 2.45) is 5.73 Å². The van der Waals surface area contributed by atoms with E-state index in [2.05, 4.69) is 4.72 Å². The number of carbonyl (C=O) groups is 1. The van der Waals surface area contributed by atoms with Crippen LogP contribution in [0.2, 0.25) is 0 Å². The Morgan fingerprint density at radius 2 is 1.88 bits per heavy atom. The average molecular weight is 373 g/mol. The number of amides is 1. The molecule has 3 N–H and O–H groups in total. The summed E-state index contributed by atoms with van der Waals surface area (Å²) in [5.74, 6) is 0.133. The third-order valence-electron chi connectivity index (χ3n) is 4.53. The van der Waals surface area contributed by atoms with Gasteiger partial charge in [-0.2, -0.15) is 0 Å². The zero-order valence-corrected chi connectivity index (χ0v) is 15.4. The van der Waals surface area contributed by atoms with E-state index in [9.17, 15) is 13.2 Å². The molecule has 0 spiro atoms. The molecular formula is C19H23N3O3S. The smallest absolute Gasteiger partial charge is 0.229 e. The van der Waals surface area contributed by atoms with E-state index in [0.717, 1.165) is 17.4 Å². The summed E-state index contributed by atoms with van der Waals surface area (Å²) in [5, 5.41) is 0. The third-order valence-corrected chi connectivity index (χ3v) is 5.14. The summed E-state index contributed by atoms with van der Waals surface area (Å²) in [7, 11) is -3.35. The van der Waals surface area contributed by atoms with Gasteiger partial charge in [0.1, 0.15) is 0 Å². The number of sulfonamides is 1. The van der Waals surface area contributed by atoms with Crippen molar-refractivity contribution in [1.82, 2.24) is 4.90 Å². The molecule has 1 saturated heterocycles. The molecule has 1 fully saturated rings. The molecule has 2 aromatic rings. The number of nitrogens with one attached hydrogen (secondary N) is 1. The number of nitrogens with zero attached hydrogens (tertiary/aromatic N) is 1. The van der Waals surface area contributed by atoms with Crippen molar-refractivity contribution in [3.05, 3.63) is 65.7 Å². The third kappa shape index (κ3) is 4.62. The molecule has 0 bridgehead atoms. The number of anilines is 1. The van der Waals surface area contributed by atoms with E-state index >= 15 is 0 Å². The van der Waals surface area contributed by atoms with Crippen LogP contribution in [0.3, 0.4) is 0 Å². The summed E-state index contributed by atoms with van der Waals surface area (Å²) in [5.41, 5.74) is 8.62. The molecule has 2 atom stereocenters. The van der Waals surface area contributed by atoms with Crippen LogP contribution in [0.5, 0.6) is 0 Å². The highest BCUT2D eigenvalue weighted by Gasteiger charge is 2.33. The lowest BCUT2D eigenvalue weighted by molar-refractivity contribution is -0.129. The molecule has 138 valence electrons. The van der Waals surface area contributed by atoms with Crippen LogP contribution < -0.4 is 10.5 Å². The zero-order valence-electron chi connectivity index (χ0n) is 14.6. The second-order valence-corrected chi connectivity index (χ2v) is 8.48. The Labute approximate surface area is 154 Å². The molecule has 0 aromatic heterocycles. The minimum atomic E-state index is -3.35. The lowest BCUT2D eigenvalue weighted by Crippen LogP contribution is -2.33. The van der Waals surface area contributed by atoms with Crippen molar-refractivity contribution in [1.29, 1.82) is 0 Å². The standard InChI is InChI=1S/C19H23N3O3S/c1-26(24,25)21-16-9-5-6-14(10-16)11-19(23)22-12-17(18(20)13-22)15-7-3-2-4-8-15/h2-10,17-18,21H,11-13,20H2,1H3/t17-,18+/m0/s1. The minimum absolute atomic E-state index is 0.00427. The van der Waals surface area contributed by atoms with Crippen LogP contribution in [0.15, 0.2) is 54.6 Å². The highest BCUT2D eigenvalue weighted by atomic mass is 32.2. The van der Waals surface area contributed by atoms with E-state index in [1.807, 2.05) is 36.4 Å². The molecule has 0 radical (unpaired) electrons. The predicted octanol–water partition coefficient (Wildman–Crippen LogP) is 1.55. The second-order valence-electron chi connectivity index (χ2n) is 6.73. The molecule has 7 heteroatoms. The summed E-state index contributed by atoms with van der Waals surface area (Å²) in [6, 6.07) is 16.8. The van der Waals surface area contributed by atoms with Gasteiger partial charge in [-0.05, 0) is 23.3 Å². The van der Waals surface area contributed by atoms with Crippen molar-refractivity contribution in [3.63, 3.8) is 0 Å². The van der Waals surface area contributed by atoms with E-state index in [1.54, 1.807) is 23.1 Å². The van der Waals surface area contributed by atoms with Gasteiger partial charge in [0, 0.05) is 30.7 Å². The van der Waals surface area contributed by atoms with Gasteiger partial charge in [-0.15, -0.1) is 0 Å². The first-order valence-electron chi connectivity index (χ1n) is 8.47. The first kappa shape index (κ1) is 18.4. The fourth-order valence-corrected chi connectivity index (χ4v) is 3.89. The van der Waals surface area contributed by atoms with Crippen LogP contribution in [-0.4, -0.2) is 44.6 Å². The van der Waals surface area contributed by atoms with Gasteiger partial charge < -0.3 is 10.6 Å². The summed E-state index contributed by atoms with van der Waals surface area (Å²) >= 11 is 0. The van der Waals surface area contributed by atoms with Gasteiger partial charge in [0.15, 0.2) is 0 Å². The van der Waals surface area contributed by atoms with Gasteiger partial charge in [0.05, 0.1) is 12.7 Å². The quantitative estimate of drug-likeness (QED) is 0.832. The topological polar surface area (TPSA) is 92.5 Å². The maximum Gasteiger partial charge on any atom is 0.229 e. The van der Waals surface area contributed by atoms with Gasteiger partial charge in [-0.3, -0.25) is 9.52 Å². The molecule has 1 heterocycles. The van der Waals surface area contributed by atoms with E-state index < -0.39 is 10.0 Å². The van der Waals surface area contributed by atoms with E-state index in [1.165, 1.54) is 0 Å². The molecule has 26 heavy (non-hydrogen) atoms. The van der Waals surface area contributed by atoms with E-state index in [0.29, 0.717) is 18.8 Å². The van der Waals surface area contributed by atoms with Crippen molar-refractivity contribution in [3.8, 4) is 0 Å². The predicted molar refractivity (Wildman–Crippen MR) is 102 cm³/mol. The maximum absolute atomic E-state index is 12.7. The average Bonchev–Trinajstić information content (AvgIpc) is 2.96. The molecule has 6 nitrogen and oxygen atoms in total. The summed E-state index contributed by atoms with van der Waals surface area (Å²) in [4.78, 5) is 14.5. The summed E-state index contributed by atoms with van der Waals surface area (Å²) in [6.45, 7) is 1.13. The largest absolute Gasteiger partial charge is 0.340 e. The van der Waals surface area contributed by atoms with Crippen LogP contribution in [0.1, 0.15) is 17.0 Å². The fraction of sp³-hybridized carbons (Fsp3) is 0.316. The van der Waals surface area contributed by atoms with Crippen molar-refractivity contribution >= 4 is 21.6 Å². The van der Waals surface area contributed by atoms with Crippen molar-refractivity contribution in [2.75, 3.05) is 24.1 Å². The van der Waals surface area contributed by atoms with Crippen LogP contribution in [0, 0.1) is 0 Å². The monoisotopic (exact) mass is 373 g/mol. The first-order valence-corrected chi connectivity index (χ1v) is 10.4. The normalized spacial score (nSPS) is 20.2. The molecule has 1 amide bonds. The Bertz CT molecular complexity index is 884. The number of hydrogen-bond donors (Lipinski definition) is 2. The number of rotatable bonds is 5. The van der Waals surface area contributed by atoms with Gasteiger partial charge in [-0.1, -0.05) is 42.5 Å². The molecule has 1 aliphatic heterocycles. The van der Waals surface area contributed by atoms with Crippen LogP contribution in [0.4, 0.5) is 5.69 Å². The molecule has 0 unspecified atom stereocenters. The molecule has 1 aliphatic rings. The summed E-state index contributed by atoms with van der Waals surface area (Å²) < 4.78 is 25.1. The van der Waals surface area contributed by atoms with Gasteiger partial charge in [-0.25, -0.2) is 8.42 Å². The van der Waals surface area contributed by atoms with Crippen molar-refractivity contribution < 1.29 is 13.2 Å². The highest BCUT2D eigenvalue weighted by Crippen LogP contribution is 2.27. The zero-order chi connectivity index (χ0) is 18.7. The first-order chi connectivity index (χ1) is 12.3. The molecular weight excluding hydrogens is 350 g/mol. The van der Waals surface area contributed by atoms with Gasteiger partial charge >= 0.3 is 0 Å². The number of likely N-dealkylation sites (tertiary alicyclic amines) is 1. The number of nitrogens with two attached hydrogens (primary N) is 1. The molecule has 0 saturated carbocycles. The molecule has 2 aromatic carbocycles. The Morgan fingerprint density at radius 1 is 1.15 bits per heavy atom. The molecule has 3 rings (SSSR count). The Hall–Kier alpha value is -2.38. The van der Waals surface area contributed by atoms with Gasteiger partial charge in [0.2, 0.25) is 15.9 Å². The lowest BCUT2D eigenvalue weighted by Gasteiger charge is -2.17. The minimum Gasteiger partial charge on any atom is -0.340 e. The second kappa shape index (κ2) is 7.47. The van der Waals surface area contributed by atoms with Crippen LogP contribution >= 0.6 is 0 Å². The number of hydrogen-bond acceptors (Lipinski definition) is 4. The van der Waals surface area contributed by atoms with Crippen molar-refractivity contribution in [2.45, 2.75) is 18.4 Å². The van der Waals surface area contributed by atoms with E-state index in [-0.39, 0.29) is 24.3 Å². The lowest BCUT2D eigenvalue weighted by atomic mass is 9.95. The Kier molecular flexibility index (Phi) is 5.29. The molecule has 0 aliphatic carbocycles. The Morgan fingerprint density at radius 3 is 2.58 bits per heavy atom. The van der Waals surface area contributed by atoms with Crippen LogP contribution in [0.25, 0.3) is 0 Å². The summed E-state index contributed by atoms with van der Waals surface area (Å²) in [6.07, 6.45) is 1.31. The Balaban J connectivity index is 1.67. The number of benzene rings is 2. The highest BCUT2D eigenvalue weighted by molar-refractivity contribution is 7.92. The van der Waals surface area contributed by atoms with Gasteiger partial charge in [0.25, 0.3) is 0 Å².